The first kappa shape index (κ1) is 13.4. The number of methoxy groups -OCH3 is 1. The number of thioether (sulfide) groups is 1. The molecule has 2 unspecified atom stereocenters. The zero-order valence-electron chi connectivity index (χ0n) is 10.3. The molecule has 0 aliphatic carbocycles. The second-order valence-electron chi connectivity index (χ2n) is 4.27. The van der Waals surface area contributed by atoms with Gasteiger partial charge < -0.3 is 9.84 Å². The molecule has 5 heteroatoms. The Labute approximate surface area is 111 Å². The number of benzene rings is 1. The Morgan fingerprint density at radius 1 is 1.50 bits per heavy atom. The summed E-state index contributed by atoms with van der Waals surface area (Å²) in [5.74, 6) is 0.102. The van der Waals surface area contributed by atoms with Crippen molar-refractivity contribution in [2.45, 2.75) is 24.4 Å². The van der Waals surface area contributed by atoms with Crippen LogP contribution in [0.25, 0.3) is 0 Å². The predicted octanol–water partition coefficient (Wildman–Crippen LogP) is 2.01. The summed E-state index contributed by atoms with van der Waals surface area (Å²) in [5.41, 5.74) is 2.24. The molecule has 1 fully saturated rings. The van der Waals surface area contributed by atoms with Crippen molar-refractivity contribution < 1.29 is 14.6 Å². The molecule has 0 spiro atoms. The van der Waals surface area contributed by atoms with E-state index < -0.39 is 12.0 Å². The number of carbonyl (C=O) groups is 1. The van der Waals surface area contributed by atoms with Gasteiger partial charge in [-0.1, -0.05) is 24.3 Å². The summed E-state index contributed by atoms with van der Waals surface area (Å²) in [7, 11) is 1.67. The first-order chi connectivity index (χ1) is 8.70. The molecule has 1 aromatic rings. The van der Waals surface area contributed by atoms with Gasteiger partial charge in [0.05, 0.1) is 12.0 Å². The Morgan fingerprint density at radius 3 is 2.83 bits per heavy atom. The van der Waals surface area contributed by atoms with Crippen LogP contribution in [-0.4, -0.2) is 30.0 Å². The van der Waals surface area contributed by atoms with Crippen LogP contribution >= 0.6 is 11.8 Å². The molecule has 0 saturated carbocycles. The molecule has 2 rings (SSSR count). The predicted molar refractivity (Wildman–Crippen MR) is 71.5 cm³/mol. The number of rotatable bonds is 4. The highest BCUT2D eigenvalue weighted by molar-refractivity contribution is 7.99. The van der Waals surface area contributed by atoms with E-state index in [0.29, 0.717) is 13.0 Å². The van der Waals surface area contributed by atoms with Gasteiger partial charge in [-0.2, -0.15) is 0 Å². The van der Waals surface area contributed by atoms with E-state index in [0.717, 1.165) is 16.9 Å². The Morgan fingerprint density at radius 2 is 2.22 bits per heavy atom. The second-order valence-corrected chi connectivity index (χ2v) is 5.48. The summed E-state index contributed by atoms with van der Waals surface area (Å²) in [6.07, 6.45) is 0.679. The van der Waals surface area contributed by atoms with E-state index in [1.165, 1.54) is 0 Å². The monoisotopic (exact) mass is 267 g/mol. The van der Waals surface area contributed by atoms with Crippen LogP contribution in [0, 0.1) is 0 Å². The Balaban J connectivity index is 2.04. The number of aliphatic carboxylic acids is 1. The molecule has 1 aliphatic rings. The van der Waals surface area contributed by atoms with Crippen molar-refractivity contribution in [2.24, 2.45) is 0 Å². The van der Waals surface area contributed by atoms with E-state index in [1.807, 2.05) is 24.3 Å². The van der Waals surface area contributed by atoms with Gasteiger partial charge in [-0.25, -0.2) is 0 Å². The third-order valence-corrected chi connectivity index (χ3v) is 4.15. The molecule has 2 N–H and O–H groups in total. The fraction of sp³-hybridized carbons (Fsp3) is 0.462. The lowest BCUT2D eigenvalue weighted by molar-refractivity contribution is -0.139. The van der Waals surface area contributed by atoms with Crippen molar-refractivity contribution in [3.8, 4) is 0 Å². The average Bonchev–Trinajstić information content (AvgIpc) is 2.40. The third kappa shape index (κ3) is 3.25. The lowest BCUT2D eigenvalue weighted by Gasteiger charge is -2.28. The molecule has 98 valence electrons. The van der Waals surface area contributed by atoms with Crippen molar-refractivity contribution in [1.29, 1.82) is 0 Å². The van der Waals surface area contributed by atoms with E-state index in [-0.39, 0.29) is 5.37 Å². The highest BCUT2D eigenvalue weighted by Gasteiger charge is 2.27. The minimum absolute atomic E-state index is 0.0662. The maximum atomic E-state index is 11.0. The van der Waals surface area contributed by atoms with E-state index in [4.69, 9.17) is 9.84 Å². The van der Waals surface area contributed by atoms with Crippen molar-refractivity contribution in [1.82, 2.24) is 5.32 Å². The van der Waals surface area contributed by atoms with E-state index in [2.05, 4.69) is 5.32 Å². The number of hydrogen-bond donors (Lipinski definition) is 2. The Hall–Kier alpha value is -1.04. The van der Waals surface area contributed by atoms with Gasteiger partial charge in [0.2, 0.25) is 0 Å². The summed E-state index contributed by atoms with van der Waals surface area (Å²) < 4.78 is 5.06. The standard InChI is InChI=1S/C13H17NO3S/c1-17-8-9-2-4-10(5-3-9)12-14-11(13(15)16)6-7-18-12/h2-5,11-12,14H,6-8H2,1H3,(H,15,16). The SMILES string of the molecule is COCc1ccc(C2NC(C(=O)O)CCS2)cc1. The molecule has 0 amide bonds. The van der Waals surface area contributed by atoms with Gasteiger partial charge in [0.25, 0.3) is 0 Å². The fourth-order valence-corrected chi connectivity index (χ4v) is 3.18. The number of nitrogens with one attached hydrogen (secondary N) is 1. The molecular formula is C13H17NO3S. The number of carboxylic acids is 1. The van der Waals surface area contributed by atoms with Gasteiger partial charge >= 0.3 is 5.97 Å². The third-order valence-electron chi connectivity index (χ3n) is 2.94. The van der Waals surface area contributed by atoms with Crippen LogP contribution in [0.5, 0.6) is 0 Å². The van der Waals surface area contributed by atoms with Crippen LogP contribution < -0.4 is 5.32 Å². The number of carboxylic acid groups (broad SMARTS) is 1. The molecule has 1 heterocycles. The normalized spacial score (nSPS) is 23.8. The van der Waals surface area contributed by atoms with Gasteiger partial charge in [0.15, 0.2) is 0 Å². The zero-order chi connectivity index (χ0) is 13.0. The van der Waals surface area contributed by atoms with Gasteiger partial charge in [-0.05, 0) is 23.3 Å². The van der Waals surface area contributed by atoms with Gasteiger partial charge in [0, 0.05) is 7.11 Å². The van der Waals surface area contributed by atoms with Crippen LogP contribution in [0.1, 0.15) is 22.9 Å². The van der Waals surface area contributed by atoms with Crippen molar-refractivity contribution >= 4 is 17.7 Å². The van der Waals surface area contributed by atoms with Gasteiger partial charge in [-0.3, -0.25) is 10.1 Å². The van der Waals surface area contributed by atoms with Crippen molar-refractivity contribution in [3.05, 3.63) is 35.4 Å². The summed E-state index contributed by atoms with van der Waals surface area (Å²) in [6.45, 7) is 0.600. The van der Waals surface area contributed by atoms with Crippen molar-refractivity contribution in [3.63, 3.8) is 0 Å². The molecule has 1 saturated heterocycles. The molecule has 1 aliphatic heterocycles. The molecule has 0 aromatic heterocycles. The Kier molecular flexibility index (Phi) is 4.63. The first-order valence-corrected chi connectivity index (χ1v) is 6.94. The minimum Gasteiger partial charge on any atom is -0.480 e. The molecule has 4 nitrogen and oxygen atoms in total. The van der Waals surface area contributed by atoms with Crippen LogP contribution in [0.3, 0.4) is 0 Å². The lowest BCUT2D eigenvalue weighted by Crippen LogP contribution is -2.41. The van der Waals surface area contributed by atoms with E-state index in [9.17, 15) is 4.79 Å². The average molecular weight is 267 g/mol. The quantitative estimate of drug-likeness (QED) is 0.874. The molecule has 0 bridgehead atoms. The van der Waals surface area contributed by atoms with Crippen LogP contribution in [0.4, 0.5) is 0 Å². The van der Waals surface area contributed by atoms with Crippen LogP contribution in [0.15, 0.2) is 24.3 Å². The summed E-state index contributed by atoms with van der Waals surface area (Å²) in [5, 5.41) is 12.2. The van der Waals surface area contributed by atoms with Gasteiger partial charge in [0.1, 0.15) is 6.04 Å². The van der Waals surface area contributed by atoms with Gasteiger partial charge in [-0.15, -0.1) is 11.8 Å². The molecule has 0 radical (unpaired) electrons. The summed E-state index contributed by atoms with van der Waals surface area (Å²) in [6, 6.07) is 7.67. The Bertz CT molecular complexity index is 407. The fourth-order valence-electron chi connectivity index (χ4n) is 1.96. The highest BCUT2D eigenvalue weighted by atomic mass is 32.2. The molecular weight excluding hydrogens is 250 g/mol. The number of ether oxygens (including phenoxy) is 1. The number of hydrogen-bond acceptors (Lipinski definition) is 4. The van der Waals surface area contributed by atoms with E-state index >= 15 is 0 Å². The molecule has 18 heavy (non-hydrogen) atoms. The largest absolute Gasteiger partial charge is 0.480 e. The van der Waals surface area contributed by atoms with Crippen LogP contribution in [-0.2, 0) is 16.1 Å². The van der Waals surface area contributed by atoms with E-state index in [1.54, 1.807) is 18.9 Å². The highest BCUT2D eigenvalue weighted by Crippen LogP contribution is 2.31. The minimum atomic E-state index is -0.767. The summed E-state index contributed by atoms with van der Waals surface area (Å²) >= 11 is 1.75. The van der Waals surface area contributed by atoms with Crippen molar-refractivity contribution in [2.75, 3.05) is 12.9 Å². The smallest absolute Gasteiger partial charge is 0.320 e. The first-order valence-electron chi connectivity index (χ1n) is 5.89. The molecule has 1 aromatic carbocycles. The summed E-state index contributed by atoms with van der Waals surface area (Å²) in [4.78, 5) is 11.0. The zero-order valence-corrected chi connectivity index (χ0v) is 11.1. The molecule has 2 atom stereocenters. The topological polar surface area (TPSA) is 58.6 Å². The second kappa shape index (κ2) is 6.22. The lowest BCUT2D eigenvalue weighted by atomic mass is 10.1. The maximum Gasteiger partial charge on any atom is 0.320 e. The van der Waals surface area contributed by atoms with Crippen LogP contribution in [0.2, 0.25) is 0 Å². The maximum absolute atomic E-state index is 11.0.